The molecule has 0 fully saturated rings. The van der Waals surface area contributed by atoms with Crippen LogP contribution in [0.3, 0.4) is 0 Å². The predicted molar refractivity (Wildman–Crippen MR) is 81.1 cm³/mol. The molecule has 0 amide bonds. The van der Waals surface area contributed by atoms with Crippen LogP contribution in [0.5, 0.6) is 11.5 Å². The molecule has 2 rings (SSSR count). The number of halogens is 2. The van der Waals surface area contributed by atoms with Gasteiger partial charge in [-0.3, -0.25) is 0 Å². The van der Waals surface area contributed by atoms with E-state index in [1.165, 1.54) is 6.07 Å². The van der Waals surface area contributed by atoms with Gasteiger partial charge in [0.25, 0.3) is 0 Å². The molecule has 4 heteroatoms. The Kier molecular flexibility index (Phi) is 5.01. The molecule has 2 nitrogen and oxygen atoms in total. The highest BCUT2D eigenvalue weighted by molar-refractivity contribution is 9.08. The largest absolute Gasteiger partial charge is 0.496 e. The molecule has 0 bridgehead atoms. The van der Waals surface area contributed by atoms with Crippen molar-refractivity contribution in [2.45, 2.75) is 18.9 Å². The summed E-state index contributed by atoms with van der Waals surface area (Å²) in [6.07, 6.45) is 0. The lowest BCUT2D eigenvalue weighted by Gasteiger charge is -2.12. The summed E-state index contributed by atoms with van der Waals surface area (Å²) in [4.78, 5) is 0. The van der Waals surface area contributed by atoms with Gasteiger partial charge < -0.3 is 9.47 Å². The minimum Gasteiger partial charge on any atom is -0.496 e. The smallest absolute Gasteiger partial charge is 0.165 e. The molecule has 0 heterocycles. The van der Waals surface area contributed by atoms with E-state index in [1.807, 2.05) is 31.2 Å². The van der Waals surface area contributed by atoms with Crippen molar-refractivity contribution in [1.29, 1.82) is 0 Å². The molecule has 20 heavy (non-hydrogen) atoms. The standard InChI is InChI=1S/C16H16BrFO2/c1-11-3-5-15(19-2)13(7-11)10-20-16-6-4-12(9-17)8-14(16)18/h3-8H,9-10H2,1-2H3. The van der Waals surface area contributed by atoms with Gasteiger partial charge in [-0.15, -0.1) is 0 Å². The van der Waals surface area contributed by atoms with Gasteiger partial charge in [-0.25, -0.2) is 4.39 Å². The van der Waals surface area contributed by atoms with E-state index in [1.54, 1.807) is 13.2 Å². The first kappa shape index (κ1) is 14.9. The molecule has 0 radical (unpaired) electrons. The molecule has 0 saturated heterocycles. The van der Waals surface area contributed by atoms with Crippen molar-refractivity contribution in [2.75, 3.05) is 7.11 Å². The summed E-state index contributed by atoms with van der Waals surface area (Å²) in [5.41, 5.74) is 2.89. The summed E-state index contributed by atoms with van der Waals surface area (Å²) >= 11 is 3.29. The number of rotatable bonds is 5. The summed E-state index contributed by atoms with van der Waals surface area (Å²) in [6.45, 7) is 2.27. The fourth-order valence-electron chi connectivity index (χ4n) is 1.92. The molecule has 2 aromatic carbocycles. The number of ether oxygens (including phenoxy) is 2. The Morgan fingerprint density at radius 2 is 1.85 bits per heavy atom. The van der Waals surface area contributed by atoms with Crippen molar-refractivity contribution < 1.29 is 13.9 Å². The second-order valence-electron chi connectivity index (χ2n) is 4.50. The van der Waals surface area contributed by atoms with Crippen molar-refractivity contribution in [2.24, 2.45) is 0 Å². The first-order chi connectivity index (χ1) is 9.63. The van der Waals surface area contributed by atoms with Gasteiger partial charge >= 0.3 is 0 Å². The molecule has 0 aliphatic heterocycles. The monoisotopic (exact) mass is 338 g/mol. The van der Waals surface area contributed by atoms with Crippen molar-refractivity contribution in [3.8, 4) is 11.5 Å². The van der Waals surface area contributed by atoms with E-state index in [4.69, 9.17) is 9.47 Å². The van der Waals surface area contributed by atoms with Crippen molar-refractivity contribution in [3.63, 3.8) is 0 Å². The molecule has 2 aromatic rings. The van der Waals surface area contributed by atoms with Crippen LogP contribution in [0.1, 0.15) is 16.7 Å². The number of methoxy groups -OCH3 is 1. The first-order valence-corrected chi connectivity index (χ1v) is 7.37. The van der Waals surface area contributed by atoms with Gasteiger partial charge in [-0.2, -0.15) is 0 Å². The average Bonchev–Trinajstić information content (AvgIpc) is 2.46. The van der Waals surface area contributed by atoms with Crippen molar-refractivity contribution in [1.82, 2.24) is 0 Å². The van der Waals surface area contributed by atoms with Crippen LogP contribution in [0.4, 0.5) is 4.39 Å². The Morgan fingerprint density at radius 1 is 1.10 bits per heavy atom. The average molecular weight is 339 g/mol. The van der Waals surface area contributed by atoms with Crippen LogP contribution < -0.4 is 9.47 Å². The zero-order valence-electron chi connectivity index (χ0n) is 11.5. The Balaban J connectivity index is 2.14. The maximum Gasteiger partial charge on any atom is 0.165 e. The molecule has 0 aliphatic rings. The summed E-state index contributed by atoms with van der Waals surface area (Å²) in [5, 5.41) is 0.621. The Hall–Kier alpha value is -1.55. The number of hydrogen-bond donors (Lipinski definition) is 0. The van der Waals surface area contributed by atoms with Gasteiger partial charge in [-0.1, -0.05) is 33.6 Å². The molecule has 106 valence electrons. The summed E-state index contributed by atoms with van der Waals surface area (Å²) < 4.78 is 24.6. The van der Waals surface area contributed by atoms with E-state index in [2.05, 4.69) is 15.9 Å². The minimum absolute atomic E-state index is 0.248. The van der Waals surface area contributed by atoms with E-state index in [-0.39, 0.29) is 18.2 Å². The second kappa shape index (κ2) is 6.75. The van der Waals surface area contributed by atoms with Crippen molar-refractivity contribution in [3.05, 3.63) is 58.9 Å². The van der Waals surface area contributed by atoms with E-state index >= 15 is 0 Å². The Bertz CT molecular complexity index is 599. The van der Waals surface area contributed by atoms with Crippen LogP contribution in [-0.2, 0) is 11.9 Å². The van der Waals surface area contributed by atoms with E-state index in [9.17, 15) is 4.39 Å². The normalized spacial score (nSPS) is 10.4. The molecular formula is C16H16BrFO2. The lowest BCUT2D eigenvalue weighted by atomic mass is 10.1. The zero-order chi connectivity index (χ0) is 14.5. The topological polar surface area (TPSA) is 18.5 Å². The van der Waals surface area contributed by atoms with Gasteiger partial charge in [0.15, 0.2) is 11.6 Å². The molecule has 0 spiro atoms. The maximum absolute atomic E-state index is 13.8. The summed E-state index contributed by atoms with van der Waals surface area (Å²) in [7, 11) is 1.61. The van der Waals surface area contributed by atoms with Crippen LogP contribution in [0.25, 0.3) is 0 Å². The molecule has 0 atom stereocenters. The van der Waals surface area contributed by atoms with Gasteiger partial charge in [-0.05, 0) is 36.8 Å². The highest BCUT2D eigenvalue weighted by Gasteiger charge is 2.08. The molecular weight excluding hydrogens is 323 g/mol. The minimum atomic E-state index is -0.353. The SMILES string of the molecule is COc1ccc(C)cc1COc1ccc(CBr)cc1F. The molecule has 0 aromatic heterocycles. The number of hydrogen-bond acceptors (Lipinski definition) is 2. The van der Waals surface area contributed by atoms with Gasteiger partial charge in [0, 0.05) is 10.9 Å². The van der Waals surface area contributed by atoms with Crippen molar-refractivity contribution >= 4 is 15.9 Å². The van der Waals surface area contributed by atoms with Crippen LogP contribution in [0, 0.1) is 12.7 Å². The van der Waals surface area contributed by atoms with Crippen LogP contribution in [0.2, 0.25) is 0 Å². The van der Waals surface area contributed by atoms with E-state index < -0.39 is 0 Å². The number of benzene rings is 2. The van der Waals surface area contributed by atoms with Gasteiger partial charge in [0.1, 0.15) is 12.4 Å². The Morgan fingerprint density at radius 3 is 2.50 bits per heavy atom. The lowest BCUT2D eigenvalue weighted by Crippen LogP contribution is -2.01. The third kappa shape index (κ3) is 3.51. The first-order valence-electron chi connectivity index (χ1n) is 6.24. The van der Waals surface area contributed by atoms with Crippen LogP contribution in [0.15, 0.2) is 36.4 Å². The highest BCUT2D eigenvalue weighted by Crippen LogP contribution is 2.24. The quantitative estimate of drug-likeness (QED) is 0.741. The second-order valence-corrected chi connectivity index (χ2v) is 5.06. The molecule has 0 N–H and O–H groups in total. The fourth-order valence-corrected chi connectivity index (χ4v) is 2.27. The van der Waals surface area contributed by atoms with Gasteiger partial charge in [0.2, 0.25) is 0 Å². The fraction of sp³-hybridized carbons (Fsp3) is 0.250. The Labute approximate surface area is 126 Å². The van der Waals surface area contributed by atoms with E-state index in [0.29, 0.717) is 5.33 Å². The number of aryl methyl sites for hydroxylation is 1. The molecule has 0 unspecified atom stereocenters. The predicted octanol–water partition coefficient (Wildman–Crippen LogP) is 4.62. The maximum atomic E-state index is 13.8. The third-order valence-corrected chi connectivity index (χ3v) is 3.62. The van der Waals surface area contributed by atoms with Gasteiger partial charge in [0.05, 0.1) is 7.11 Å². The van der Waals surface area contributed by atoms with E-state index in [0.717, 1.165) is 22.4 Å². The molecule has 0 saturated carbocycles. The van der Waals surface area contributed by atoms with Crippen LogP contribution in [-0.4, -0.2) is 7.11 Å². The highest BCUT2D eigenvalue weighted by atomic mass is 79.9. The number of alkyl halides is 1. The van der Waals surface area contributed by atoms with Crippen LogP contribution >= 0.6 is 15.9 Å². The lowest BCUT2D eigenvalue weighted by molar-refractivity contribution is 0.282. The summed E-state index contributed by atoms with van der Waals surface area (Å²) in [5.74, 6) is 0.639. The summed E-state index contributed by atoms with van der Waals surface area (Å²) in [6, 6.07) is 10.8. The molecule has 0 aliphatic carbocycles. The third-order valence-electron chi connectivity index (χ3n) is 2.97. The zero-order valence-corrected chi connectivity index (χ0v) is 13.0.